The van der Waals surface area contributed by atoms with Crippen LogP contribution in [0.25, 0.3) is 0 Å². The lowest BCUT2D eigenvalue weighted by atomic mass is 10.0. The van der Waals surface area contributed by atoms with Gasteiger partial charge >= 0.3 is 12.1 Å². The van der Waals surface area contributed by atoms with E-state index in [2.05, 4.69) is 20.9 Å². The molecule has 7 N–H and O–H groups in total. The number of methoxy groups -OCH3 is 2. The van der Waals surface area contributed by atoms with E-state index in [1.54, 1.807) is 67.6 Å². The molecule has 3 aromatic rings. The molecule has 3 aromatic carbocycles. The number of carbonyl (C=O) groups excluding carboxylic acids is 6. The first kappa shape index (κ1) is 55.8. The number of aliphatic hydroxyl groups excluding tert-OH is 1. The van der Waals surface area contributed by atoms with Gasteiger partial charge in [-0.3, -0.25) is 33.8 Å². The summed E-state index contributed by atoms with van der Waals surface area (Å²) in [5.74, 6) is -2.58. The summed E-state index contributed by atoms with van der Waals surface area (Å²) in [6, 6.07) is 8.53. The van der Waals surface area contributed by atoms with Gasteiger partial charge in [0.15, 0.2) is 29.2 Å². The molecule has 0 radical (unpaired) electrons. The number of fused-ring (bicyclic) bond motifs is 4. The molecule has 0 spiro atoms. The summed E-state index contributed by atoms with van der Waals surface area (Å²) in [6.45, 7) is 9.03. The number of anilines is 2. The number of nitrogens with zero attached hydrogens (tertiary/aromatic N) is 4. The zero-order valence-electron chi connectivity index (χ0n) is 43.6. The number of aliphatic hydroxyl groups is 1. The van der Waals surface area contributed by atoms with Crippen molar-refractivity contribution < 1.29 is 67.5 Å². The first-order chi connectivity index (χ1) is 36.3. The molecule has 0 unspecified atom stereocenters. The van der Waals surface area contributed by atoms with E-state index < -0.39 is 66.1 Å². The Morgan fingerprint density at radius 3 is 2.05 bits per heavy atom. The van der Waals surface area contributed by atoms with Crippen LogP contribution in [0.5, 0.6) is 23.0 Å². The Bertz CT molecular complexity index is 2810. The molecule has 6 amide bonds. The molecule has 406 valence electrons. The van der Waals surface area contributed by atoms with Gasteiger partial charge < -0.3 is 65.4 Å². The molecule has 6 atom stereocenters. The van der Waals surface area contributed by atoms with E-state index in [1.807, 2.05) is 20.0 Å². The van der Waals surface area contributed by atoms with E-state index in [4.69, 9.17) is 34.5 Å². The van der Waals surface area contributed by atoms with Crippen molar-refractivity contribution in [2.24, 2.45) is 16.6 Å². The van der Waals surface area contributed by atoms with Crippen molar-refractivity contribution in [1.29, 1.82) is 0 Å². The Kier molecular flexibility index (Phi) is 18.0. The van der Waals surface area contributed by atoms with Crippen molar-refractivity contribution in [2.75, 3.05) is 37.7 Å². The van der Waals surface area contributed by atoms with Gasteiger partial charge in [0, 0.05) is 42.9 Å². The van der Waals surface area contributed by atoms with Crippen LogP contribution >= 0.6 is 0 Å². The number of aliphatic imine (C=N–C) groups is 1. The number of amides is 6. The second-order valence-electron chi connectivity index (χ2n) is 19.5. The highest BCUT2D eigenvalue weighted by molar-refractivity contribution is 6.07. The summed E-state index contributed by atoms with van der Waals surface area (Å²) >= 11 is 0. The van der Waals surface area contributed by atoms with E-state index in [9.17, 15) is 38.7 Å². The average molecular weight is 1050 g/mol. The average Bonchev–Trinajstić information content (AvgIpc) is 3.93. The summed E-state index contributed by atoms with van der Waals surface area (Å²) in [5.41, 5.74) is 9.39. The minimum atomic E-state index is -1.52. The van der Waals surface area contributed by atoms with Crippen molar-refractivity contribution in [2.45, 2.75) is 123 Å². The third-order valence-corrected chi connectivity index (χ3v) is 13.3. The zero-order chi connectivity index (χ0) is 55.0. The number of hydrogen-bond donors (Lipinski definition) is 6. The minimum absolute atomic E-state index is 0.0571. The molecule has 0 saturated heterocycles. The number of unbranched alkanes of at least 4 members (excludes halogenated alkanes) is 2. The van der Waals surface area contributed by atoms with Gasteiger partial charge in [-0.2, -0.15) is 0 Å². The van der Waals surface area contributed by atoms with Crippen LogP contribution in [-0.2, 0) is 30.5 Å². The second kappa shape index (κ2) is 24.6. The minimum Gasteiger partial charge on any atom is -0.493 e. The summed E-state index contributed by atoms with van der Waals surface area (Å²) < 4.78 is 29.3. The summed E-state index contributed by atoms with van der Waals surface area (Å²) in [7, 11) is 2.95. The number of ether oxygens (including phenoxy) is 5. The number of rotatable bonds is 22. The van der Waals surface area contributed by atoms with Gasteiger partial charge in [-0.25, -0.2) is 9.69 Å². The van der Waals surface area contributed by atoms with Crippen molar-refractivity contribution in [3.05, 3.63) is 88.8 Å². The topological polar surface area (TPSA) is 290 Å². The molecule has 4 aliphatic heterocycles. The number of nitrogens with two attached hydrogens (primary N) is 1. The normalized spacial score (nSPS) is 18.6. The Morgan fingerprint density at radius 1 is 0.789 bits per heavy atom. The number of carboxylic acid groups (broad SMARTS) is 1. The van der Waals surface area contributed by atoms with Crippen LogP contribution in [0.4, 0.5) is 21.9 Å². The smallest absolute Gasteiger partial charge is 0.416 e. The van der Waals surface area contributed by atoms with E-state index in [-0.39, 0.29) is 66.7 Å². The molecule has 0 bridgehead atoms. The number of carboxylic acids is 1. The first-order valence-corrected chi connectivity index (χ1v) is 25.1. The van der Waals surface area contributed by atoms with Gasteiger partial charge in [-0.15, -0.1) is 0 Å². The highest BCUT2D eigenvalue weighted by Crippen LogP contribution is 2.43. The third-order valence-electron chi connectivity index (χ3n) is 13.3. The van der Waals surface area contributed by atoms with Crippen molar-refractivity contribution in [1.82, 2.24) is 20.4 Å². The summed E-state index contributed by atoms with van der Waals surface area (Å²) in [6.07, 6.45) is 5.47. The standard InChI is InChI=1S/C54H66N8O14/c1-29(2)47(59-46(63)16-15-38(55)53(69)70)49(65)57-32(5)48(64)58-34-13-11-33(12-14-34)28-76-54(71)62-40-24-45(43(73-7)22-37(40)51(67)61-27-31(4)20-41(61)52(62)68)75-18-10-8-9-17-74-44-23-39-36(21-42(44)72-6)50(66)60-26-30(3)19-35(60)25-56-39/h11-14,21-27,29,32,35,38,41,47,52,68H,8-10,15-20,28,55H2,1-7H3,(H,57,65)(H,58,64)(H,59,63)(H,69,70)/t32-,35-,38-,41-,47-,52-/m0/s1. The molecule has 7 rings (SSSR count). The molecule has 0 fully saturated rings. The third kappa shape index (κ3) is 12.9. The zero-order valence-corrected chi connectivity index (χ0v) is 43.6. The van der Waals surface area contributed by atoms with Gasteiger partial charge in [0.2, 0.25) is 17.7 Å². The number of benzene rings is 3. The van der Waals surface area contributed by atoms with Crippen molar-refractivity contribution >= 4 is 64.9 Å². The fourth-order valence-electron chi connectivity index (χ4n) is 9.13. The lowest BCUT2D eigenvalue weighted by Crippen LogP contribution is -2.53. The quantitative estimate of drug-likeness (QED) is 0.0674. The monoisotopic (exact) mass is 1050 g/mol. The molecule has 22 nitrogen and oxygen atoms in total. The maximum absolute atomic E-state index is 14.1. The molecule has 4 heterocycles. The van der Waals surface area contributed by atoms with Crippen LogP contribution in [0.1, 0.15) is 106 Å². The molecule has 0 saturated carbocycles. The van der Waals surface area contributed by atoms with Crippen LogP contribution in [0, 0.1) is 5.92 Å². The number of nitrogens with one attached hydrogen (secondary N) is 3. The van der Waals surface area contributed by atoms with E-state index in [1.165, 1.54) is 38.2 Å². The largest absolute Gasteiger partial charge is 0.493 e. The van der Waals surface area contributed by atoms with Gasteiger partial charge in [-0.1, -0.05) is 37.1 Å². The predicted octanol–water partition coefficient (Wildman–Crippen LogP) is 5.54. The lowest BCUT2D eigenvalue weighted by Gasteiger charge is -2.31. The SMILES string of the molecule is COc1cc2c(cc1OCCCCCOc1cc3c(cc1OC)C(=O)N1C=C(C)C[C@H]1[C@H](O)N3C(=O)OCc1ccc(NC(=O)[C@H](C)NC(=O)[C@@H](NC(=O)CC[C@H](N)C(=O)O)C(C)C)cc1)N=C[C@@H]1CC(C)=CN1C2=O. The fourth-order valence-corrected chi connectivity index (χ4v) is 9.13. The molecule has 76 heavy (non-hydrogen) atoms. The van der Waals surface area contributed by atoms with Crippen LogP contribution in [0.15, 0.2) is 77.1 Å². The number of carbonyl (C=O) groups is 7. The highest BCUT2D eigenvalue weighted by Gasteiger charge is 2.45. The highest BCUT2D eigenvalue weighted by atomic mass is 16.6. The van der Waals surface area contributed by atoms with E-state index in [0.29, 0.717) is 66.3 Å². The van der Waals surface area contributed by atoms with E-state index in [0.717, 1.165) is 22.5 Å². The summed E-state index contributed by atoms with van der Waals surface area (Å²) in [4.78, 5) is 100. The Hall–Kier alpha value is -7.98. The lowest BCUT2D eigenvalue weighted by molar-refractivity contribution is -0.139. The Labute approximate surface area is 440 Å². The molecule has 4 aliphatic rings. The van der Waals surface area contributed by atoms with Crippen molar-refractivity contribution in [3.63, 3.8) is 0 Å². The predicted molar refractivity (Wildman–Crippen MR) is 279 cm³/mol. The number of hydrogen-bond acceptors (Lipinski definition) is 15. The molecular weight excluding hydrogens is 985 g/mol. The molecule has 0 aromatic heterocycles. The van der Waals surface area contributed by atoms with Crippen LogP contribution in [0.2, 0.25) is 0 Å². The molecule has 0 aliphatic carbocycles. The fraction of sp³-hybridized carbons (Fsp3) is 0.444. The molecule has 22 heteroatoms. The van der Waals surface area contributed by atoms with Gasteiger partial charge in [0.05, 0.1) is 62.0 Å². The first-order valence-electron chi connectivity index (χ1n) is 25.1. The Morgan fingerprint density at radius 2 is 1.41 bits per heavy atom. The van der Waals surface area contributed by atoms with Crippen molar-refractivity contribution in [3.8, 4) is 23.0 Å². The van der Waals surface area contributed by atoms with Gasteiger partial charge in [-0.05, 0) is 95.0 Å². The van der Waals surface area contributed by atoms with Crippen LogP contribution in [0.3, 0.4) is 0 Å². The van der Waals surface area contributed by atoms with Crippen LogP contribution < -0.4 is 45.5 Å². The van der Waals surface area contributed by atoms with Crippen LogP contribution in [-0.4, -0.2) is 132 Å². The maximum Gasteiger partial charge on any atom is 0.416 e. The number of aliphatic carboxylic acids is 1. The van der Waals surface area contributed by atoms with Gasteiger partial charge in [0.1, 0.15) is 24.7 Å². The Balaban J connectivity index is 0.945. The summed E-state index contributed by atoms with van der Waals surface area (Å²) in [5, 5.41) is 28.8. The van der Waals surface area contributed by atoms with E-state index >= 15 is 0 Å². The maximum atomic E-state index is 14.1. The second-order valence-corrected chi connectivity index (χ2v) is 19.5. The molecular formula is C54H66N8O14. The van der Waals surface area contributed by atoms with Gasteiger partial charge in [0.25, 0.3) is 11.8 Å².